The molecule has 0 aliphatic rings. The molecule has 0 N–H and O–H groups in total. The molecule has 0 heterocycles. The largest absolute Gasteiger partial charge is 0.411 e. The number of halogens is 8. The number of rotatable bonds is 2. The van der Waals surface area contributed by atoms with Gasteiger partial charge in [0.2, 0.25) is 5.41 Å². The molecule has 0 saturated heterocycles. The minimum Gasteiger partial charge on any atom is -0.169 e. The van der Waals surface area contributed by atoms with Crippen molar-refractivity contribution in [2.45, 2.75) is 17.8 Å². The first-order valence-corrected chi connectivity index (χ1v) is 7.74. The molecule has 8 heteroatoms. The van der Waals surface area contributed by atoms with E-state index in [4.69, 9.17) is 0 Å². The first kappa shape index (κ1) is 18.3. The molecule has 2 rings (SSSR count). The van der Waals surface area contributed by atoms with Gasteiger partial charge in [-0.3, -0.25) is 0 Å². The summed E-state index contributed by atoms with van der Waals surface area (Å²) in [7, 11) is 0. The standard InChI is InChI=1S/C15H8Br2F6/c16-11-5-1-3-9(7-11)13(14(18,19)20,15(21,22)23)10-4-2-6-12(17)8-10/h1-8H. The van der Waals surface area contributed by atoms with Gasteiger partial charge in [0.1, 0.15) is 0 Å². The Morgan fingerprint density at radius 2 is 0.957 bits per heavy atom. The summed E-state index contributed by atoms with van der Waals surface area (Å²) in [4.78, 5) is 0. The fourth-order valence-electron chi connectivity index (χ4n) is 2.43. The normalized spacial score (nSPS) is 13.2. The highest BCUT2D eigenvalue weighted by Crippen LogP contribution is 2.56. The van der Waals surface area contributed by atoms with Gasteiger partial charge in [-0.1, -0.05) is 56.1 Å². The molecule has 0 spiro atoms. The van der Waals surface area contributed by atoms with E-state index in [2.05, 4.69) is 31.9 Å². The number of hydrogen-bond donors (Lipinski definition) is 0. The molecule has 0 fully saturated rings. The van der Waals surface area contributed by atoms with E-state index in [1.165, 1.54) is 12.1 Å². The van der Waals surface area contributed by atoms with E-state index in [0.717, 1.165) is 36.4 Å². The van der Waals surface area contributed by atoms with E-state index in [1.54, 1.807) is 0 Å². The Labute approximate surface area is 144 Å². The maximum Gasteiger partial charge on any atom is 0.411 e. The molecular formula is C15H8Br2F6. The molecule has 0 aliphatic heterocycles. The zero-order valence-corrected chi connectivity index (χ0v) is 14.3. The second-order valence-corrected chi connectivity index (χ2v) is 6.60. The highest BCUT2D eigenvalue weighted by molar-refractivity contribution is 9.10. The molecule has 0 nitrogen and oxygen atoms in total. The van der Waals surface area contributed by atoms with Crippen molar-refractivity contribution in [2.24, 2.45) is 0 Å². The van der Waals surface area contributed by atoms with Gasteiger partial charge in [0.05, 0.1) is 0 Å². The Hall–Kier alpha value is -1.02. The molecule has 0 radical (unpaired) electrons. The van der Waals surface area contributed by atoms with Crippen LogP contribution in [0.4, 0.5) is 26.3 Å². The zero-order valence-electron chi connectivity index (χ0n) is 11.1. The van der Waals surface area contributed by atoms with E-state index in [9.17, 15) is 26.3 Å². The molecule has 2 aromatic rings. The smallest absolute Gasteiger partial charge is 0.169 e. The highest BCUT2D eigenvalue weighted by atomic mass is 79.9. The lowest BCUT2D eigenvalue weighted by Crippen LogP contribution is -2.54. The summed E-state index contributed by atoms with van der Waals surface area (Å²) in [6, 6.07) is 8.33. The Kier molecular flexibility index (Phi) is 4.88. The topological polar surface area (TPSA) is 0 Å². The highest BCUT2D eigenvalue weighted by Gasteiger charge is 2.72. The van der Waals surface area contributed by atoms with Crippen LogP contribution in [0.5, 0.6) is 0 Å². The Balaban J connectivity index is 2.93. The summed E-state index contributed by atoms with van der Waals surface area (Å²) in [6.45, 7) is 0. The Bertz CT molecular complexity index is 644. The van der Waals surface area contributed by atoms with Crippen molar-refractivity contribution in [3.05, 3.63) is 68.6 Å². The summed E-state index contributed by atoms with van der Waals surface area (Å²) in [6.07, 6.45) is -11.2. The van der Waals surface area contributed by atoms with E-state index in [-0.39, 0.29) is 8.95 Å². The van der Waals surface area contributed by atoms with Gasteiger partial charge in [-0.05, 0) is 35.4 Å². The van der Waals surface area contributed by atoms with Gasteiger partial charge < -0.3 is 0 Å². The van der Waals surface area contributed by atoms with E-state index >= 15 is 0 Å². The van der Waals surface area contributed by atoms with Crippen LogP contribution >= 0.6 is 31.9 Å². The summed E-state index contributed by atoms with van der Waals surface area (Å²) in [5, 5.41) is 0. The lowest BCUT2D eigenvalue weighted by molar-refractivity contribution is -0.288. The van der Waals surface area contributed by atoms with Crippen molar-refractivity contribution >= 4 is 31.9 Å². The lowest BCUT2D eigenvalue weighted by Gasteiger charge is -2.38. The molecule has 0 atom stereocenters. The maximum absolute atomic E-state index is 13.8. The van der Waals surface area contributed by atoms with Gasteiger partial charge >= 0.3 is 12.4 Å². The molecule has 2 aromatic carbocycles. The summed E-state index contributed by atoms with van der Waals surface area (Å²) >= 11 is 5.86. The lowest BCUT2D eigenvalue weighted by atomic mass is 9.73. The van der Waals surface area contributed by atoms with Crippen LogP contribution in [0.3, 0.4) is 0 Å². The van der Waals surface area contributed by atoms with E-state index in [1.807, 2.05) is 0 Å². The van der Waals surface area contributed by atoms with Crippen LogP contribution in [-0.4, -0.2) is 12.4 Å². The number of benzene rings is 2. The third-order valence-electron chi connectivity index (χ3n) is 3.37. The maximum atomic E-state index is 13.8. The molecule has 0 aromatic heterocycles. The van der Waals surface area contributed by atoms with Crippen LogP contribution in [0.25, 0.3) is 0 Å². The van der Waals surface area contributed by atoms with Crippen molar-refractivity contribution in [2.75, 3.05) is 0 Å². The van der Waals surface area contributed by atoms with Crippen molar-refractivity contribution < 1.29 is 26.3 Å². The molecule has 0 amide bonds. The van der Waals surface area contributed by atoms with Crippen LogP contribution in [0.1, 0.15) is 11.1 Å². The monoisotopic (exact) mass is 460 g/mol. The van der Waals surface area contributed by atoms with Gasteiger partial charge in [0.15, 0.2) is 0 Å². The van der Waals surface area contributed by atoms with Crippen LogP contribution in [0.2, 0.25) is 0 Å². The van der Waals surface area contributed by atoms with Gasteiger partial charge in [-0.15, -0.1) is 0 Å². The van der Waals surface area contributed by atoms with Gasteiger partial charge in [0.25, 0.3) is 0 Å². The van der Waals surface area contributed by atoms with Crippen LogP contribution in [-0.2, 0) is 5.41 Å². The first-order chi connectivity index (χ1) is 10.5. The van der Waals surface area contributed by atoms with Crippen LogP contribution in [0, 0.1) is 0 Å². The fourth-order valence-corrected chi connectivity index (χ4v) is 3.22. The fraction of sp³-hybridized carbons (Fsp3) is 0.200. The minimum atomic E-state index is -5.58. The van der Waals surface area contributed by atoms with Crippen LogP contribution < -0.4 is 0 Å². The molecule has 0 aliphatic carbocycles. The molecule has 23 heavy (non-hydrogen) atoms. The van der Waals surface area contributed by atoms with E-state index < -0.39 is 28.9 Å². The van der Waals surface area contributed by atoms with E-state index in [0.29, 0.717) is 0 Å². The number of alkyl halides is 6. The van der Waals surface area contributed by atoms with Crippen molar-refractivity contribution in [1.29, 1.82) is 0 Å². The number of hydrogen-bond acceptors (Lipinski definition) is 0. The summed E-state index contributed by atoms with van der Waals surface area (Å²) in [5.41, 5.74) is -5.91. The Morgan fingerprint density at radius 1 is 0.609 bits per heavy atom. The van der Waals surface area contributed by atoms with Gasteiger partial charge in [0, 0.05) is 8.95 Å². The first-order valence-electron chi connectivity index (χ1n) is 6.15. The molecule has 0 saturated carbocycles. The summed E-state index contributed by atoms with van der Waals surface area (Å²) < 4.78 is 82.8. The van der Waals surface area contributed by atoms with Crippen molar-refractivity contribution in [3.8, 4) is 0 Å². The van der Waals surface area contributed by atoms with Gasteiger partial charge in [-0.2, -0.15) is 26.3 Å². The Morgan fingerprint density at radius 3 is 1.22 bits per heavy atom. The second kappa shape index (κ2) is 6.12. The molecule has 0 unspecified atom stereocenters. The molecule has 124 valence electrons. The minimum absolute atomic E-state index is 0.128. The summed E-state index contributed by atoms with van der Waals surface area (Å²) in [5.74, 6) is 0. The van der Waals surface area contributed by atoms with Crippen molar-refractivity contribution in [1.82, 2.24) is 0 Å². The third kappa shape index (κ3) is 3.15. The average molecular weight is 462 g/mol. The quantitative estimate of drug-likeness (QED) is 0.441. The average Bonchev–Trinajstić information content (AvgIpc) is 2.36. The zero-order chi connectivity index (χ0) is 17.5. The van der Waals surface area contributed by atoms with Crippen molar-refractivity contribution in [3.63, 3.8) is 0 Å². The molecular weight excluding hydrogens is 454 g/mol. The van der Waals surface area contributed by atoms with Crippen LogP contribution in [0.15, 0.2) is 57.5 Å². The SMILES string of the molecule is FC(F)(F)C(c1cccc(Br)c1)(c1cccc(Br)c1)C(F)(F)F. The predicted molar refractivity (Wildman–Crippen MR) is 81.2 cm³/mol. The van der Waals surface area contributed by atoms with Gasteiger partial charge in [-0.25, -0.2) is 0 Å². The second-order valence-electron chi connectivity index (χ2n) is 4.77. The predicted octanol–water partition coefficient (Wildman–Crippen LogP) is 6.62. The third-order valence-corrected chi connectivity index (χ3v) is 4.35. The molecule has 0 bridgehead atoms.